The van der Waals surface area contributed by atoms with Crippen molar-refractivity contribution in [1.29, 1.82) is 10.5 Å². The molecule has 9 aromatic rings. The molecule has 0 spiro atoms. The maximum absolute atomic E-state index is 10.5. The van der Waals surface area contributed by atoms with Gasteiger partial charge in [-0.15, -0.1) is 0 Å². The second-order valence-electron chi connectivity index (χ2n) is 13.1. The van der Waals surface area contributed by atoms with Crippen molar-refractivity contribution in [1.82, 2.24) is 0 Å². The van der Waals surface area contributed by atoms with Gasteiger partial charge in [-0.3, -0.25) is 0 Å². The zero-order valence-corrected chi connectivity index (χ0v) is 28.6. The van der Waals surface area contributed by atoms with E-state index in [1.165, 1.54) is 0 Å². The number of benzene rings is 8. The van der Waals surface area contributed by atoms with Crippen LogP contribution in [-0.4, -0.2) is 0 Å². The predicted molar refractivity (Wildman–Crippen MR) is 216 cm³/mol. The Hall–Kier alpha value is -7.46. The smallest absolute Gasteiger partial charge is 0.136 e. The lowest BCUT2D eigenvalue weighted by atomic mass is 9.87. The summed E-state index contributed by atoms with van der Waals surface area (Å²) < 4.78 is 6.51. The average Bonchev–Trinajstić information content (AvgIpc) is 3.62. The summed E-state index contributed by atoms with van der Waals surface area (Å²) in [6, 6.07) is 66.6. The minimum absolute atomic E-state index is 0.641. The summed E-state index contributed by atoms with van der Waals surface area (Å²) in [4.78, 5) is 0. The molecule has 53 heavy (non-hydrogen) atoms. The summed E-state index contributed by atoms with van der Waals surface area (Å²) in [5.41, 5.74) is 14.4. The molecule has 0 fully saturated rings. The van der Waals surface area contributed by atoms with E-state index < -0.39 is 0 Å². The summed E-state index contributed by atoms with van der Waals surface area (Å²) in [7, 11) is 0. The van der Waals surface area contributed by atoms with Crippen LogP contribution in [-0.2, 0) is 0 Å². The van der Waals surface area contributed by atoms with E-state index in [0.717, 1.165) is 88.7 Å². The van der Waals surface area contributed by atoms with Gasteiger partial charge in [-0.25, -0.2) is 0 Å². The summed E-state index contributed by atoms with van der Waals surface area (Å²) in [6.07, 6.45) is 0. The predicted octanol–water partition coefficient (Wildman–Crippen LogP) is 13.3. The van der Waals surface area contributed by atoms with Gasteiger partial charge in [-0.2, -0.15) is 10.5 Å². The molecule has 0 bridgehead atoms. The third-order valence-electron chi connectivity index (χ3n) is 9.98. The Morgan fingerprint density at radius 2 is 0.755 bits per heavy atom. The molecule has 1 aromatic heterocycles. The van der Waals surface area contributed by atoms with Crippen LogP contribution in [0.4, 0.5) is 0 Å². The van der Waals surface area contributed by atoms with Crippen molar-refractivity contribution in [2.45, 2.75) is 0 Å². The standard InChI is InChI=1S/C50H30N2O/c51-31-46-41(33-14-5-1-6-15-33)27-38(28-42(46)34-16-7-2-8-17-34)37-24-25-48-45(26-37)50-40(22-13-23-49(50)53-48)39-29-43(35-18-9-3-10-19-35)47(32-52)44(30-39)36-20-11-4-12-21-36/h1-30H. The number of nitriles is 2. The lowest BCUT2D eigenvalue weighted by molar-refractivity contribution is 0.669. The van der Waals surface area contributed by atoms with E-state index in [9.17, 15) is 10.5 Å². The molecule has 0 radical (unpaired) electrons. The zero-order chi connectivity index (χ0) is 35.7. The number of rotatable bonds is 6. The van der Waals surface area contributed by atoms with Gasteiger partial charge < -0.3 is 4.42 Å². The van der Waals surface area contributed by atoms with Crippen LogP contribution in [0, 0.1) is 22.7 Å². The lowest BCUT2D eigenvalue weighted by Gasteiger charge is -2.15. The molecule has 0 aliphatic rings. The first-order valence-electron chi connectivity index (χ1n) is 17.5. The zero-order valence-electron chi connectivity index (χ0n) is 28.6. The molecular weight excluding hydrogens is 645 g/mol. The van der Waals surface area contributed by atoms with Gasteiger partial charge in [0.2, 0.25) is 0 Å². The Labute approximate surface area is 307 Å². The van der Waals surface area contributed by atoms with Crippen LogP contribution in [0.15, 0.2) is 186 Å². The SMILES string of the molecule is N#Cc1c(-c2ccccc2)cc(-c2ccc3oc4cccc(-c5cc(-c6ccccc6)c(C#N)c(-c6ccccc6)c5)c4c3c2)cc1-c1ccccc1. The minimum atomic E-state index is 0.641. The first-order valence-corrected chi connectivity index (χ1v) is 17.5. The molecule has 0 amide bonds. The van der Waals surface area contributed by atoms with Crippen LogP contribution in [0.1, 0.15) is 11.1 Å². The van der Waals surface area contributed by atoms with Crippen LogP contribution < -0.4 is 0 Å². The van der Waals surface area contributed by atoms with Crippen LogP contribution in [0.25, 0.3) is 88.7 Å². The van der Waals surface area contributed by atoms with E-state index in [0.29, 0.717) is 11.1 Å². The second-order valence-corrected chi connectivity index (χ2v) is 13.1. The van der Waals surface area contributed by atoms with Gasteiger partial charge in [0, 0.05) is 33.0 Å². The highest BCUT2D eigenvalue weighted by Crippen LogP contribution is 2.43. The van der Waals surface area contributed by atoms with Gasteiger partial charge in [0.15, 0.2) is 0 Å². The quantitative estimate of drug-likeness (QED) is 0.176. The van der Waals surface area contributed by atoms with Gasteiger partial charge in [0.1, 0.15) is 23.3 Å². The highest BCUT2D eigenvalue weighted by Gasteiger charge is 2.20. The van der Waals surface area contributed by atoms with Crippen molar-refractivity contribution in [3.63, 3.8) is 0 Å². The normalized spacial score (nSPS) is 11.0. The minimum Gasteiger partial charge on any atom is -0.456 e. The number of hydrogen-bond acceptors (Lipinski definition) is 3. The van der Waals surface area contributed by atoms with Crippen molar-refractivity contribution < 1.29 is 4.42 Å². The van der Waals surface area contributed by atoms with Crippen LogP contribution in [0.3, 0.4) is 0 Å². The van der Waals surface area contributed by atoms with Crippen molar-refractivity contribution >= 4 is 21.9 Å². The molecule has 0 aliphatic carbocycles. The Balaban J connectivity index is 1.29. The van der Waals surface area contributed by atoms with E-state index in [-0.39, 0.29) is 0 Å². The number of hydrogen-bond donors (Lipinski definition) is 0. The molecule has 3 nitrogen and oxygen atoms in total. The number of furan rings is 1. The van der Waals surface area contributed by atoms with Gasteiger partial charge in [0.25, 0.3) is 0 Å². The molecule has 246 valence electrons. The highest BCUT2D eigenvalue weighted by atomic mass is 16.3. The Morgan fingerprint density at radius 3 is 1.19 bits per heavy atom. The summed E-state index contributed by atoms with van der Waals surface area (Å²) in [5.74, 6) is 0. The largest absolute Gasteiger partial charge is 0.456 e. The Bertz CT molecular complexity index is 2760. The first kappa shape index (κ1) is 31.5. The second kappa shape index (κ2) is 13.3. The molecule has 0 aliphatic heterocycles. The fourth-order valence-corrected chi connectivity index (χ4v) is 7.48. The lowest BCUT2D eigenvalue weighted by Crippen LogP contribution is -1.93. The molecule has 3 heteroatoms. The van der Waals surface area contributed by atoms with Crippen molar-refractivity contribution in [3.8, 4) is 78.9 Å². The summed E-state index contributed by atoms with van der Waals surface area (Å²) >= 11 is 0. The van der Waals surface area contributed by atoms with E-state index in [1.807, 2.05) is 91.0 Å². The van der Waals surface area contributed by atoms with E-state index in [2.05, 4.69) is 103 Å². The molecule has 8 aromatic carbocycles. The van der Waals surface area contributed by atoms with E-state index in [4.69, 9.17) is 4.42 Å². The van der Waals surface area contributed by atoms with Gasteiger partial charge >= 0.3 is 0 Å². The number of nitrogens with zero attached hydrogens (tertiary/aromatic N) is 2. The Kier molecular flexibility index (Phi) is 7.94. The molecule has 0 saturated carbocycles. The van der Waals surface area contributed by atoms with Crippen molar-refractivity contribution in [2.75, 3.05) is 0 Å². The van der Waals surface area contributed by atoms with Crippen LogP contribution >= 0.6 is 0 Å². The fourth-order valence-electron chi connectivity index (χ4n) is 7.48. The molecule has 0 atom stereocenters. The fraction of sp³-hybridized carbons (Fsp3) is 0. The van der Waals surface area contributed by atoms with Crippen molar-refractivity contribution in [2.24, 2.45) is 0 Å². The van der Waals surface area contributed by atoms with Crippen molar-refractivity contribution in [3.05, 3.63) is 193 Å². The van der Waals surface area contributed by atoms with E-state index in [1.54, 1.807) is 0 Å². The molecule has 1 heterocycles. The molecule has 0 N–H and O–H groups in total. The average molecular weight is 675 g/mol. The monoisotopic (exact) mass is 674 g/mol. The topological polar surface area (TPSA) is 60.7 Å². The third kappa shape index (κ3) is 5.64. The van der Waals surface area contributed by atoms with Crippen LogP contribution in [0.5, 0.6) is 0 Å². The van der Waals surface area contributed by atoms with Gasteiger partial charge in [0.05, 0.1) is 11.1 Å². The molecule has 0 unspecified atom stereocenters. The van der Waals surface area contributed by atoms with Gasteiger partial charge in [-0.05, 0) is 87.0 Å². The number of fused-ring (bicyclic) bond motifs is 3. The molecular formula is C50H30N2O. The van der Waals surface area contributed by atoms with Crippen LogP contribution in [0.2, 0.25) is 0 Å². The molecule has 9 rings (SSSR count). The first-order chi connectivity index (χ1) is 26.2. The third-order valence-corrected chi connectivity index (χ3v) is 9.98. The Morgan fingerprint density at radius 1 is 0.321 bits per heavy atom. The maximum atomic E-state index is 10.5. The maximum Gasteiger partial charge on any atom is 0.136 e. The van der Waals surface area contributed by atoms with Gasteiger partial charge in [-0.1, -0.05) is 140 Å². The highest BCUT2D eigenvalue weighted by molar-refractivity contribution is 6.14. The summed E-state index contributed by atoms with van der Waals surface area (Å²) in [5, 5.41) is 23.0. The molecule has 0 saturated heterocycles. The summed E-state index contributed by atoms with van der Waals surface area (Å²) in [6.45, 7) is 0. The van der Waals surface area contributed by atoms with E-state index >= 15 is 0 Å².